The summed E-state index contributed by atoms with van der Waals surface area (Å²) in [5.74, 6) is -0.636. The van der Waals surface area contributed by atoms with Crippen LogP contribution in [0, 0.1) is 11.8 Å². The first kappa shape index (κ1) is 84.1. The lowest BCUT2D eigenvalue weighted by molar-refractivity contribution is -0.161. The Hall–Kier alpha value is -1.94. The second-order valence-electron chi connectivity index (χ2n) is 24.9. The third kappa shape index (κ3) is 59.7. The molecule has 0 fully saturated rings. The highest BCUT2D eigenvalue weighted by molar-refractivity contribution is 7.47. The molecule has 0 aliphatic carbocycles. The predicted octanol–water partition coefficient (Wildman–Crippen LogP) is 18.8. The summed E-state index contributed by atoms with van der Waals surface area (Å²) in [6.45, 7) is 9.46. The number of unbranched alkanes of at least 4 members (excludes halogenated alkanes) is 35. The molecule has 0 aliphatic heterocycles. The lowest BCUT2D eigenvalue weighted by Crippen LogP contribution is -2.30. The minimum Gasteiger partial charge on any atom is -0.462 e. The minimum absolute atomic E-state index is 0.104. The summed E-state index contributed by atoms with van der Waals surface area (Å²) < 4.78 is 68.1. The van der Waals surface area contributed by atoms with Crippen LogP contribution in [0.1, 0.15) is 337 Å². The molecule has 0 saturated carbocycles. The van der Waals surface area contributed by atoms with Crippen LogP contribution in [0.5, 0.6) is 0 Å². The first-order chi connectivity index (χ1) is 41.4. The van der Waals surface area contributed by atoms with E-state index in [4.69, 9.17) is 37.0 Å². The smallest absolute Gasteiger partial charge is 0.462 e. The van der Waals surface area contributed by atoms with Crippen LogP contribution in [0.4, 0.5) is 0 Å². The number of carbonyl (C=O) groups is 4. The van der Waals surface area contributed by atoms with Crippen molar-refractivity contribution in [1.82, 2.24) is 0 Å². The van der Waals surface area contributed by atoms with E-state index in [1.54, 1.807) is 0 Å². The van der Waals surface area contributed by atoms with Crippen LogP contribution in [0.2, 0.25) is 0 Å². The van der Waals surface area contributed by atoms with E-state index in [-0.39, 0.29) is 25.7 Å². The largest absolute Gasteiger partial charge is 0.472 e. The quantitative estimate of drug-likeness (QED) is 0.0222. The molecule has 86 heavy (non-hydrogen) atoms. The molecule has 0 rings (SSSR count). The molecule has 17 nitrogen and oxygen atoms in total. The Balaban J connectivity index is 5.23. The van der Waals surface area contributed by atoms with E-state index >= 15 is 0 Å². The highest BCUT2D eigenvalue weighted by Gasteiger charge is 2.30. The molecule has 0 saturated heterocycles. The van der Waals surface area contributed by atoms with E-state index in [0.717, 1.165) is 108 Å². The number of phosphoric ester groups is 2. The normalized spacial score (nSPS) is 14.5. The first-order valence-corrected chi connectivity index (χ1v) is 38.0. The number of rotatable bonds is 66. The summed E-state index contributed by atoms with van der Waals surface area (Å²) in [5.41, 5.74) is 0. The van der Waals surface area contributed by atoms with Gasteiger partial charge in [0.15, 0.2) is 12.2 Å². The summed E-state index contributed by atoms with van der Waals surface area (Å²) in [6.07, 6.45) is 43.0. The van der Waals surface area contributed by atoms with Crippen molar-refractivity contribution in [3.8, 4) is 0 Å². The van der Waals surface area contributed by atoms with E-state index in [0.29, 0.717) is 25.7 Å². The Morgan fingerprint density at radius 2 is 0.593 bits per heavy atom. The van der Waals surface area contributed by atoms with Gasteiger partial charge in [0.05, 0.1) is 26.4 Å². The molecule has 19 heteroatoms. The average Bonchev–Trinajstić information content (AvgIpc) is 3.61. The van der Waals surface area contributed by atoms with E-state index < -0.39 is 97.5 Å². The molecule has 0 aliphatic rings. The lowest BCUT2D eigenvalue weighted by atomic mass is 9.99. The molecule has 0 heterocycles. The van der Waals surface area contributed by atoms with Crippen molar-refractivity contribution >= 4 is 39.5 Å². The van der Waals surface area contributed by atoms with Crippen molar-refractivity contribution in [2.24, 2.45) is 11.8 Å². The van der Waals surface area contributed by atoms with Crippen LogP contribution >= 0.6 is 15.6 Å². The van der Waals surface area contributed by atoms with Crippen LogP contribution in [0.15, 0.2) is 0 Å². The van der Waals surface area contributed by atoms with Gasteiger partial charge in [0.2, 0.25) is 0 Å². The van der Waals surface area contributed by atoms with Crippen molar-refractivity contribution in [2.75, 3.05) is 39.6 Å². The molecule has 0 bridgehead atoms. The SMILES string of the molecule is CCCCCCCCCCCCCCCCCC(=O)O[C@H](COC(=O)CCCCCCCCCCC(C)CC)COP(=O)(O)OC[C@@H](O)COP(=O)(O)OC[C@@H](COC(=O)CCCCCCCCCC)OC(=O)CCCCCCCCCCC(C)C. The Morgan fingerprint density at radius 1 is 0.337 bits per heavy atom. The van der Waals surface area contributed by atoms with Crippen molar-refractivity contribution in [3.63, 3.8) is 0 Å². The molecular formula is C67H130O17P2. The molecule has 3 unspecified atom stereocenters. The fourth-order valence-electron chi connectivity index (χ4n) is 10.0. The van der Waals surface area contributed by atoms with Gasteiger partial charge in [-0.15, -0.1) is 0 Å². The number of carbonyl (C=O) groups excluding carboxylic acids is 4. The second-order valence-corrected chi connectivity index (χ2v) is 27.8. The van der Waals surface area contributed by atoms with Crippen LogP contribution in [-0.2, 0) is 65.4 Å². The lowest BCUT2D eigenvalue weighted by Gasteiger charge is -2.21. The monoisotopic (exact) mass is 1270 g/mol. The molecule has 0 aromatic rings. The maximum atomic E-state index is 13.0. The maximum absolute atomic E-state index is 13.0. The van der Waals surface area contributed by atoms with Crippen LogP contribution in [-0.4, -0.2) is 96.7 Å². The van der Waals surface area contributed by atoms with Crippen molar-refractivity contribution in [3.05, 3.63) is 0 Å². The number of hydrogen-bond donors (Lipinski definition) is 3. The van der Waals surface area contributed by atoms with E-state index in [1.165, 1.54) is 148 Å². The number of esters is 4. The van der Waals surface area contributed by atoms with E-state index in [1.807, 2.05) is 0 Å². The van der Waals surface area contributed by atoms with Gasteiger partial charge < -0.3 is 33.8 Å². The molecule has 3 N–H and O–H groups in total. The Morgan fingerprint density at radius 3 is 0.884 bits per heavy atom. The number of hydrogen-bond acceptors (Lipinski definition) is 15. The van der Waals surface area contributed by atoms with Crippen LogP contribution < -0.4 is 0 Å². The summed E-state index contributed by atoms with van der Waals surface area (Å²) in [6, 6.07) is 0. The van der Waals surface area contributed by atoms with E-state index in [9.17, 15) is 43.2 Å². The van der Waals surface area contributed by atoms with Gasteiger partial charge in [-0.1, -0.05) is 286 Å². The summed E-state index contributed by atoms with van der Waals surface area (Å²) in [4.78, 5) is 72.3. The van der Waals surface area contributed by atoms with Crippen molar-refractivity contribution in [2.45, 2.75) is 355 Å². The Labute approximate surface area is 524 Å². The molecule has 0 amide bonds. The topological polar surface area (TPSA) is 237 Å². The molecule has 0 aromatic heterocycles. The van der Waals surface area contributed by atoms with E-state index in [2.05, 4.69) is 41.5 Å². The number of aliphatic hydroxyl groups is 1. The van der Waals surface area contributed by atoms with Gasteiger partial charge in [-0.25, -0.2) is 9.13 Å². The highest BCUT2D eigenvalue weighted by Crippen LogP contribution is 2.45. The van der Waals surface area contributed by atoms with Gasteiger partial charge in [-0.05, 0) is 37.5 Å². The van der Waals surface area contributed by atoms with Crippen LogP contribution in [0.3, 0.4) is 0 Å². The number of ether oxygens (including phenoxy) is 4. The third-order valence-electron chi connectivity index (χ3n) is 15.8. The summed E-state index contributed by atoms with van der Waals surface area (Å²) >= 11 is 0. The standard InChI is InChI=1S/C67H130O17P2/c1-7-10-12-14-16-18-19-20-21-22-23-24-33-39-45-51-66(71)83-63(56-78-65(70)50-44-38-32-28-26-30-36-42-48-60(6)9-3)58-82-86(75,76)80-54-61(68)53-79-85(73,74)81-57-62(55-77-64(69)49-43-37-31-17-15-13-11-8-2)84-67(72)52-46-40-34-27-25-29-35-41-47-59(4)5/h59-63,68H,7-58H2,1-6H3,(H,73,74)(H,75,76)/t60?,61-,62+,63+/m0/s1. The molecule has 510 valence electrons. The number of phosphoric acid groups is 2. The minimum atomic E-state index is -4.95. The fourth-order valence-corrected chi connectivity index (χ4v) is 11.6. The zero-order chi connectivity index (χ0) is 63.6. The van der Waals surface area contributed by atoms with Crippen molar-refractivity contribution < 1.29 is 80.2 Å². The second kappa shape index (κ2) is 59.4. The molecule has 0 radical (unpaired) electrons. The Bertz CT molecular complexity index is 1690. The molecule has 6 atom stereocenters. The molecule has 0 aromatic carbocycles. The molecular weight excluding hydrogens is 1140 g/mol. The number of aliphatic hydroxyl groups excluding tert-OH is 1. The van der Waals surface area contributed by atoms with Gasteiger partial charge in [0, 0.05) is 25.7 Å². The van der Waals surface area contributed by atoms with Gasteiger partial charge >= 0.3 is 39.5 Å². The average molecular weight is 1270 g/mol. The fraction of sp³-hybridized carbons (Fsp3) is 0.940. The van der Waals surface area contributed by atoms with Gasteiger partial charge in [-0.2, -0.15) is 0 Å². The third-order valence-corrected chi connectivity index (χ3v) is 17.7. The van der Waals surface area contributed by atoms with Crippen molar-refractivity contribution in [1.29, 1.82) is 0 Å². The predicted molar refractivity (Wildman–Crippen MR) is 345 cm³/mol. The maximum Gasteiger partial charge on any atom is 0.472 e. The Kier molecular flexibility index (Phi) is 58.0. The highest BCUT2D eigenvalue weighted by atomic mass is 31.2. The molecule has 0 spiro atoms. The van der Waals surface area contributed by atoms with Gasteiger partial charge in [-0.3, -0.25) is 37.3 Å². The first-order valence-electron chi connectivity index (χ1n) is 35.0. The van der Waals surface area contributed by atoms with Gasteiger partial charge in [0.1, 0.15) is 19.3 Å². The zero-order valence-corrected chi connectivity index (χ0v) is 57.4. The zero-order valence-electron chi connectivity index (χ0n) is 55.6. The summed E-state index contributed by atoms with van der Waals surface area (Å²) in [7, 11) is -9.89. The van der Waals surface area contributed by atoms with Crippen LogP contribution in [0.25, 0.3) is 0 Å². The summed E-state index contributed by atoms with van der Waals surface area (Å²) in [5, 5.41) is 10.6. The van der Waals surface area contributed by atoms with Gasteiger partial charge in [0.25, 0.3) is 0 Å².